The molecule has 2 amide bonds. The van der Waals surface area contributed by atoms with Crippen LogP contribution in [-0.2, 0) is 9.59 Å². The van der Waals surface area contributed by atoms with Gasteiger partial charge in [-0.15, -0.1) is 0 Å². The monoisotopic (exact) mass is 282 g/mol. The van der Waals surface area contributed by atoms with Gasteiger partial charge in [-0.1, -0.05) is 6.92 Å². The van der Waals surface area contributed by atoms with E-state index in [2.05, 4.69) is 10.0 Å². The molecule has 1 aliphatic carbocycles. The topological polar surface area (TPSA) is 127 Å². The van der Waals surface area contributed by atoms with E-state index in [4.69, 9.17) is 5.53 Å². The van der Waals surface area contributed by atoms with Gasteiger partial charge in [-0.3, -0.25) is 9.59 Å². The van der Waals surface area contributed by atoms with Gasteiger partial charge in [0.2, 0.25) is 11.8 Å². The number of azide groups is 1. The average Bonchev–Trinajstić information content (AvgIpc) is 2.70. The Morgan fingerprint density at radius 2 is 2.20 bits per heavy atom. The minimum absolute atomic E-state index is 0.0304. The van der Waals surface area contributed by atoms with E-state index < -0.39 is 23.7 Å². The molecule has 0 spiro atoms. The summed E-state index contributed by atoms with van der Waals surface area (Å²) < 4.78 is 0. The van der Waals surface area contributed by atoms with Crippen LogP contribution >= 0.6 is 0 Å². The molecule has 1 heterocycles. The van der Waals surface area contributed by atoms with Gasteiger partial charge in [0.05, 0.1) is 0 Å². The molecule has 0 aromatic heterocycles. The van der Waals surface area contributed by atoms with Gasteiger partial charge in [0.1, 0.15) is 0 Å². The normalized spacial score (nSPS) is 32.9. The third-order valence-electron chi connectivity index (χ3n) is 4.22. The quantitative estimate of drug-likeness (QED) is 0.331. The van der Waals surface area contributed by atoms with Crippen LogP contribution in [0.2, 0.25) is 0 Å². The number of aliphatic hydroxyl groups is 2. The number of rotatable bonds is 2. The summed E-state index contributed by atoms with van der Waals surface area (Å²) in [6.45, 7) is 2.38. The summed E-state index contributed by atoms with van der Waals surface area (Å²) in [6.07, 6.45) is 0.910. The van der Waals surface area contributed by atoms with Gasteiger partial charge in [-0.05, 0) is 23.5 Å². The molecule has 0 aromatic carbocycles. The Labute approximate surface area is 116 Å². The van der Waals surface area contributed by atoms with Crippen molar-refractivity contribution >= 4 is 11.8 Å². The van der Waals surface area contributed by atoms with Crippen LogP contribution in [0.5, 0.6) is 0 Å². The number of hydrogen-bond acceptors (Lipinski definition) is 4. The summed E-state index contributed by atoms with van der Waals surface area (Å²) >= 11 is 0. The highest BCUT2D eigenvalue weighted by Gasteiger charge is 2.46. The molecule has 1 saturated heterocycles. The van der Waals surface area contributed by atoms with Crippen molar-refractivity contribution in [3.63, 3.8) is 0 Å². The molecule has 2 rings (SSSR count). The molecule has 0 radical (unpaired) electrons. The van der Waals surface area contributed by atoms with Crippen molar-refractivity contribution in [2.24, 2.45) is 17.0 Å². The third kappa shape index (κ3) is 2.77. The standard InChI is InChI=1S/C12H18N4O4/c1-7-3-5-16(11(7)18)9-2-4-12(19,20)6-8(9)10(17)14-15-13/h7-9,19-20H,2-6H2,1H3/t7?,8-,9?/m1/s1. The lowest BCUT2D eigenvalue weighted by atomic mass is 9.79. The van der Waals surface area contributed by atoms with Crippen molar-refractivity contribution in [2.45, 2.75) is 44.4 Å². The van der Waals surface area contributed by atoms with Crippen LogP contribution in [0.4, 0.5) is 0 Å². The molecule has 110 valence electrons. The van der Waals surface area contributed by atoms with Crippen molar-refractivity contribution in [3.05, 3.63) is 10.4 Å². The first-order valence-electron chi connectivity index (χ1n) is 6.70. The first-order valence-corrected chi connectivity index (χ1v) is 6.70. The summed E-state index contributed by atoms with van der Waals surface area (Å²) in [5.41, 5.74) is 8.38. The second kappa shape index (κ2) is 5.40. The lowest BCUT2D eigenvalue weighted by Gasteiger charge is -2.41. The second-order valence-electron chi connectivity index (χ2n) is 5.65. The third-order valence-corrected chi connectivity index (χ3v) is 4.22. The van der Waals surface area contributed by atoms with E-state index in [0.717, 1.165) is 6.42 Å². The van der Waals surface area contributed by atoms with Gasteiger partial charge in [0.25, 0.3) is 0 Å². The number of likely N-dealkylation sites (tertiary alicyclic amines) is 1. The minimum atomic E-state index is -1.95. The summed E-state index contributed by atoms with van der Waals surface area (Å²) in [4.78, 5) is 28.0. The largest absolute Gasteiger partial charge is 0.366 e. The molecule has 0 bridgehead atoms. The van der Waals surface area contributed by atoms with Crippen molar-refractivity contribution < 1.29 is 19.8 Å². The molecular formula is C12H18N4O4. The van der Waals surface area contributed by atoms with Crippen molar-refractivity contribution in [2.75, 3.05) is 6.54 Å². The summed E-state index contributed by atoms with van der Waals surface area (Å²) in [7, 11) is 0. The van der Waals surface area contributed by atoms with Crippen molar-refractivity contribution in [1.82, 2.24) is 4.90 Å². The number of carbonyl (C=O) groups is 2. The number of amides is 2. The Hall–Kier alpha value is -1.63. The first kappa shape index (κ1) is 14.8. The molecule has 1 saturated carbocycles. The fourth-order valence-corrected chi connectivity index (χ4v) is 3.09. The minimum Gasteiger partial charge on any atom is -0.366 e. The van der Waals surface area contributed by atoms with Crippen LogP contribution in [0, 0.1) is 11.8 Å². The molecule has 3 atom stereocenters. The molecule has 20 heavy (non-hydrogen) atoms. The maximum absolute atomic E-state index is 12.1. The van der Waals surface area contributed by atoms with Crippen LogP contribution in [0.3, 0.4) is 0 Å². The van der Waals surface area contributed by atoms with Crippen LogP contribution in [0.15, 0.2) is 5.11 Å². The zero-order valence-electron chi connectivity index (χ0n) is 11.3. The van der Waals surface area contributed by atoms with Crippen LogP contribution in [0.1, 0.15) is 32.6 Å². The summed E-state index contributed by atoms with van der Waals surface area (Å²) in [5.74, 6) is -3.66. The molecule has 0 aromatic rings. The highest BCUT2D eigenvalue weighted by Crippen LogP contribution is 2.37. The van der Waals surface area contributed by atoms with E-state index in [-0.39, 0.29) is 24.7 Å². The lowest BCUT2D eigenvalue weighted by Crippen LogP contribution is -2.52. The maximum Gasteiger partial charge on any atom is 0.225 e. The lowest BCUT2D eigenvalue weighted by molar-refractivity contribution is -0.201. The predicted octanol–water partition coefficient (Wildman–Crippen LogP) is 0.541. The highest BCUT2D eigenvalue weighted by atomic mass is 16.5. The van der Waals surface area contributed by atoms with Crippen molar-refractivity contribution in [1.29, 1.82) is 0 Å². The molecule has 2 fully saturated rings. The SMILES string of the molecule is CC1CCN(C2CCC(O)(O)C[C@H]2C(=O)N=[N+]=[N-])C1=O. The molecule has 1 aliphatic heterocycles. The van der Waals surface area contributed by atoms with E-state index in [1.165, 1.54) is 0 Å². The van der Waals surface area contributed by atoms with Gasteiger partial charge in [0.15, 0.2) is 5.79 Å². The zero-order chi connectivity index (χ0) is 14.9. The Bertz CT molecular complexity index is 472. The van der Waals surface area contributed by atoms with E-state index in [0.29, 0.717) is 13.0 Å². The molecule has 2 unspecified atom stereocenters. The van der Waals surface area contributed by atoms with Gasteiger partial charge in [0, 0.05) is 42.2 Å². The molecule has 2 N–H and O–H groups in total. The fourth-order valence-electron chi connectivity index (χ4n) is 3.09. The van der Waals surface area contributed by atoms with Gasteiger partial charge < -0.3 is 15.1 Å². The number of hydrogen-bond donors (Lipinski definition) is 2. The second-order valence-corrected chi connectivity index (χ2v) is 5.65. The van der Waals surface area contributed by atoms with Gasteiger partial charge in [-0.2, -0.15) is 0 Å². The average molecular weight is 282 g/mol. The molecular weight excluding hydrogens is 264 g/mol. The Kier molecular flexibility index (Phi) is 3.99. The summed E-state index contributed by atoms with van der Waals surface area (Å²) in [5, 5.41) is 22.5. The predicted molar refractivity (Wildman–Crippen MR) is 67.9 cm³/mol. The van der Waals surface area contributed by atoms with Gasteiger partial charge in [-0.25, -0.2) is 0 Å². The molecule has 2 aliphatic rings. The zero-order valence-corrected chi connectivity index (χ0v) is 11.3. The highest BCUT2D eigenvalue weighted by molar-refractivity contribution is 5.84. The van der Waals surface area contributed by atoms with Crippen LogP contribution in [-0.4, -0.2) is 45.3 Å². The van der Waals surface area contributed by atoms with E-state index in [1.54, 1.807) is 4.90 Å². The smallest absolute Gasteiger partial charge is 0.225 e. The van der Waals surface area contributed by atoms with E-state index in [9.17, 15) is 19.8 Å². The number of nitrogens with zero attached hydrogens (tertiary/aromatic N) is 4. The Morgan fingerprint density at radius 3 is 2.75 bits per heavy atom. The van der Waals surface area contributed by atoms with E-state index >= 15 is 0 Å². The van der Waals surface area contributed by atoms with Gasteiger partial charge >= 0.3 is 0 Å². The first-order chi connectivity index (χ1) is 9.35. The van der Waals surface area contributed by atoms with Crippen LogP contribution in [0.25, 0.3) is 10.4 Å². The Morgan fingerprint density at radius 1 is 1.50 bits per heavy atom. The Balaban J connectivity index is 2.23. The van der Waals surface area contributed by atoms with Crippen LogP contribution < -0.4 is 0 Å². The maximum atomic E-state index is 12.1. The molecule has 8 heteroatoms. The summed E-state index contributed by atoms with van der Waals surface area (Å²) in [6, 6.07) is -0.419. The van der Waals surface area contributed by atoms with E-state index in [1.807, 2.05) is 6.92 Å². The molecule has 8 nitrogen and oxygen atoms in total. The number of carbonyl (C=O) groups excluding carboxylic acids is 2. The fraction of sp³-hybridized carbons (Fsp3) is 0.833. The van der Waals surface area contributed by atoms with Crippen molar-refractivity contribution in [3.8, 4) is 0 Å².